The van der Waals surface area contributed by atoms with Gasteiger partial charge in [0.1, 0.15) is 0 Å². The Balaban J connectivity index is 2.21. The summed E-state index contributed by atoms with van der Waals surface area (Å²) >= 11 is 0. The van der Waals surface area contributed by atoms with Crippen LogP contribution in [-0.4, -0.2) is 21.5 Å². The monoisotopic (exact) mass is 315 g/mol. The Morgan fingerprint density at radius 3 is 2.18 bits per heavy atom. The van der Waals surface area contributed by atoms with Gasteiger partial charge in [0, 0.05) is 0 Å². The van der Waals surface area contributed by atoms with Crippen LogP contribution in [0.15, 0.2) is 53.4 Å². The molecule has 0 heterocycles. The van der Waals surface area contributed by atoms with Crippen molar-refractivity contribution in [2.45, 2.75) is 10.6 Å². The van der Waals surface area contributed by atoms with E-state index < -0.39 is 15.8 Å². The first kappa shape index (κ1) is 15.7. The van der Waals surface area contributed by atoms with E-state index in [1.807, 2.05) is 6.07 Å². The van der Waals surface area contributed by atoms with E-state index in [0.717, 1.165) is 0 Å². The van der Waals surface area contributed by atoms with E-state index in [4.69, 9.17) is 5.26 Å². The first-order valence-corrected chi connectivity index (χ1v) is 8.01. The number of methoxy groups -OCH3 is 1. The standard InChI is InChI=1S/C16H13NO4S/c1-21-16(18)14-6-2-13(3-7-14)11-22(19,20)15-8-4-12(10-17)5-9-15/h2-9H,11H2,1H3. The van der Waals surface area contributed by atoms with E-state index in [-0.39, 0.29) is 10.6 Å². The van der Waals surface area contributed by atoms with Crippen molar-refractivity contribution in [2.75, 3.05) is 7.11 Å². The van der Waals surface area contributed by atoms with E-state index >= 15 is 0 Å². The molecule has 2 aromatic rings. The molecule has 0 atom stereocenters. The zero-order valence-electron chi connectivity index (χ0n) is 11.8. The molecule has 0 aliphatic rings. The third-order valence-electron chi connectivity index (χ3n) is 3.07. The highest BCUT2D eigenvalue weighted by atomic mass is 32.2. The van der Waals surface area contributed by atoms with Gasteiger partial charge in [-0.1, -0.05) is 12.1 Å². The fraction of sp³-hybridized carbons (Fsp3) is 0.125. The maximum absolute atomic E-state index is 12.3. The third kappa shape index (κ3) is 3.51. The van der Waals surface area contributed by atoms with E-state index in [9.17, 15) is 13.2 Å². The van der Waals surface area contributed by atoms with Crippen LogP contribution in [0.5, 0.6) is 0 Å². The largest absolute Gasteiger partial charge is 0.465 e. The van der Waals surface area contributed by atoms with E-state index in [1.54, 1.807) is 12.1 Å². The van der Waals surface area contributed by atoms with Crippen molar-refractivity contribution >= 4 is 15.8 Å². The SMILES string of the molecule is COC(=O)c1ccc(CS(=O)(=O)c2ccc(C#N)cc2)cc1. The number of carbonyl (C=O) groups is 1. The first-order chi connectivity index (χ1) is 10.5. The number of esters is 1. The summed E-state index contributed by atoms with van der Waals surface area (Å²) < 4.78 is 29.2. The summed E-state index contributed by atoms with van der Waals surface area (Å²) in [5.74, 6) is -0.651. The molecule has 0 bridgehead atoms. The van der Waals surface area contributed by atoms with Gasteiger partial charge in [0.2, 0.25) is 0 Å². The van der Waals surface area contributed by atoms with Gasteiger partial charge in [-0.15, -0.1) is 0 Å². The lowest BCUT2D eigenvalue weighted by Gasteiger charge is -2.06. The molecule has 0 saturated heterocycles. The van der Waals surface area contributed by atoms with Crippen LogP contribution in [0.4, 0.5) is 0 Å². The number of carbonyl (C=O) groups excluding carboxylic acids is 1. The summed E-state index contributed by atoms with van der Waals surface area (Å²) in [5.41, 5.74) is 1.33. The zero-order valence-corrected chi connectivity index (χ0v) is 12.6. The highest BCUT2D eigenvalue weighted by Gasteiger charge is 2.15. The highest BCUT2D eigenvalue weighted by molar-refractivity contribution is 7.90. The van der Waals surface area contributed by atoms with Crippen molar-refractivity contribution in [3.8, 4) is 6.07 Å². The minimum absolute atomic E-state index is 0.156. The van der Waals surface area contributed by atoms with Crippen LogP contribution in [0.3, 0.4) is 0 Å². The van der Waals surface area contributed by atoms with Gasteiger partial charge in [-0.05, 0) is 42.0 Å². The van der Waals surface area contributed by atoms with Crippen LogP contribution in [0.25, 0.3) is 0 Å². The Hall–Kier alpha value is -2.65. The van der Waals surface area contributed by atoms with Crippen LogP contribution >= 0.6 is 0 Å². The molecule has 5 nitrogen and oxygen atoms in total. The van der Waals surface area contributed by atoms with Crippen molar-refractivity contribution in [3.05, 3.63) is 65.2 Å². The number of hydrogen-bond donors (Lipinski definition) is 0. The van der Waals surface area contributed by atoms with Crippen LogP contribution in [-0.2, 0) is 20.3 Å². The Labute approximate surface area is 128 Å². The second-order valence-electron chi connectivity index (χ2n) is 4.58. The summed E-state index contributed by atoms with van der Waals surface area (Å²) in [4.78, 5) is 11.5. The number of hydrogen-bond acceptors (Lipinski definition) is 5. The maximum atomic E-state index is 12.3. The molecular weight excluding hydrogens is 302 g/mol. The molecule has 0 saturated carbocycles. The minimum atomic E-state index is -3.50. The quantitative estimate of drug-likeness (QED) is 0.808. The predicted molar refractivity (Wildman–Crippen MR) is 79.8 cm³/mol. The van der Waals surface area contributed by atoms with Crippen LogP contribution in [0.2, 0.25) is 0 Å². The van der Waals surface area contributed by atoms with Gasteiger partial charge < -0.3 is 4.74 Å². The lowest BCUT2D eigenvalue weighted by atomic mass is 10.1. The van der Waals surface area contributed by atoms with Crippen LogP contribution in [0.1, 0.15) is 21.5 Å². The molecule has 112 valence electrons. The Morgan fingerprint density at radius 1 is 1.09 bits per heavy atom. The van der Waals surface area contributed by atoms with Gasteiger partial charge in [0.05, 0.1) is 35.0 Å². The smallest absolute Gasteiger partial charge is 0.337 e. The molecule has 2 aromatic carbocycles. The number of benzene rings is 2. The topological polar surface area (TPSA) is 84.2 Å². The summed E-state index contributed by atoms with van der Waals surface area (Å²) in [6, 6.07) is 13.9. The Bertz CT molecular complexity index is 816. The number of ether oxygens (including phenoxy) is 1. The van der Waals surface area contributed by atoms with Gasteiger partial charge in [0.15, 0.2) is 9.84 Å². The molecule has 6 heteroatoms. The number of rotatable bonds is 4. The lowest BCUT2D eigenvalue weighted by Crippen LogP contribution is -2.06. The predicted octanol–water partition coefficient (Wildman–Crippen LogP) is 2.32. The van der Waals surface area contributed by atoms with Crippen molar-refractivity contribution in [2.24, 2.45) is 0 Å². The van der Waals surface area contributed by atoms with Gasteiger partial charge in [-0.3, -0.25) is 0 Å². The molecule has 2 rings (SSSR count). The van der Waals surface area contributed by atoms with E-state index in [1.165, 1.54) is 43.5 Å². The number of sulfone groups is 1. The van der Waals surface area contributed by atoms with Crippen molar-refractivity contribution in [3.63, 3.8) is 0 Å². The summed E-state index contributed by atoms with van der Waals surface area (Å²) in [5, 5.41) is 8.72. The molecule has 22 heavy (non-hydrogen) atoms. The average molecular weight is 315 g/mol. The molecular formula is C16H13NO4S. The van der Waals surface area contributed by atoms with E-state index in [2.05, 4.69) is 4.74 Å². The molecule has 0 fully saturated rings. The molecule has 0 aliphatic heterocycles. The number of nitrogens with zero attached hydrogens (tertiary/aromatic N) is 1. The highest BCUT2D eigenvalue weighted by Crippen LogP contribution is 2.17. The van der Waals surface area contributed by atoms with Gasteiger partial charge in [-0.2, -0.15) is 5.26 Å². The second kappa shape index (κ2) is 6.41. The fourth-order valence-electron chi connectivity index (χ4n) is 1.89. The number of nitriles is 1. The van der Waals surface area contributed by atoms with Gasteiger partial charge in [-0.25, -0.2) is 13.2 Å². The second-order valence-corrected chi connectivity index (χ2v) is 6.57. The Kier molecular flexibility index (Phi) is 4.59. The first-order valence-electron chi connectivity index (χ1n) is 6.36. The molecule has 0 aromatic heterocycles. The average Bonchev–Trinajstić information content (AvgIpc) is 2.54. The normalized spacial score (nSPS) is 10.7. The molecule has 0 spiro atoms. The zero-order chi connectivity index (χ0) is 16.2. The third-order valence-corrected chi connectivity index (χ3v) is 4.78. The van der Waals surface area contributed by atoms with Gasteiger partial charge in [0.25, 0.3) is 0 Å². The van der Waals surface area contributed by atoms with Crippen LogP contribution < -0.4 is 0 Å². The summed E-state index contributed by atoms with van der Waals surface area (Å²) in [6.45, 7) is 0. The summed E-state index contributed by atoms with van der Waals surface area (Å²) in [6.07, 6.45) is 0. The minimum Gasteiger partial charge on any atom is -0.465 e. The van der Waals surface area contributed by atoms with Crippen LogP contribution in [0, 0.1) is 11.3 Å². The van der Waals surface area contributed by atoms with E-state index in [0.29, 0.717) is 16.7 Å². The molecule has 0 unspecified atom stereocenters. The summed E-state index contributed by atoms with van der Waals surface area (Å²) in [7, 11) is -2.22. The molecule has 0 amide bonds. The molecule has 0 radical (unpaired) electrons. The molecule has 0 N–H and O–H groups in total. The van der Waals surface area contributed by atoms with Crippen molar-refractivity contribution in [1.29, 1.82) is 5.26 Å². The Morgan fingerprint density at radius 2 is 1.68 bits per heavy atom. The fourth-order valence-corrected chi connectivity index (χ4v) is 3.24. The van der Waals surface area contributed by atoms with Crippen molar-refractivity contribution in [1.82, 2.24) is 0 Å². The molecule has 0 aliphatic carbocycles. The van der Waals surface area contributed by atoms with Gasteiger partial charge >= 0.3 is 5.97 Å². The van der Waals surface area contributed by atoms with Crippen molar-refractivity contribution < 1.29 is 17.9 Å². The lowest BCUT2D eigenvalue weighted by molar-refractivity contribution is 0.0600. The maximum Gasteiger partial charge on any atom is 0.337 e.